The average molecular weight is 450 g/mol. The third-order valence-electron chi connectivity index (χ3n) is 11.5. The highest BCUT2D eigenvalue weighted by Gasteiger charge is 2.62. The van der Waals surface area contributed by atoms with Gasteiger partial charge in [-0.1, -0.05) is 54.4 Å². The van der Waals surface area contributed by atoms with Crippen LogP contribution in [-0.4, -0.2) is 35.0 Å². The van der Waals surface area contributed by atoms with Gasteiger partial charge in [0.1, 0.15) is 6.10 Å². The van der Waals surface area contributed by atoms with Crippen molar-refractivity contribution in [3.63, 3.8) is 0 Å². The standard InChI is InChI=1S/C28H48O4/c1-16(2)17(3)24(29)25(30)18(4)20-10-11-21-19-15-32-26(31)23-9-7-8-13-27(23,5)22(19)12-14-28(20,21)6/h16-25,29-30H,7-15H2,1-6H3/p+1/t17-,18+,19?,20?,21?,22?,23-,24-,25-,27?,28?/m1/s1. The van der Waals surface area contributed by atoms with Gasteiger partial charge < -0.3 is 14.9 Å². The van der Waals surface area contributed by atoms with Gasteiger partial charge in [0.15, 0.2) is 6.10 Å². The Hall–Kier alpha value is -0.610. The average Bonchev–Trinajstić information content (AvgIpc) is 3.06. The lowest BCUT2D eigenvalue weighted by molar-refractivity contribution is -0.153. The minimum Gasteiger partial charge on any atom is -0.465 e. The Balaban J connectivity index is 1.56. The highest BCUT2D eigenvalue weighted by Crippen LogP contribution is 2.66. The highest BCUT2D eigenvalue weighted by molar-refractivity contribution is 5.74. The van der Waals surface area contributed by atoms with E-state index in [0.717, 1.165) is 19.3 Å². The van der Waals surface area contributed by atoms with Crippen LogP contribution in [0.25, 0.3) is 0 Å². The van der Waals surface area contributed by atoms with Crippen LogP contribution in [0, 0.1) is 58.2 Å². The summed E-state index contributed by atoms with van der Waals surface area (Å²) in [5.41, 5.74) is 0.292. The van der Waals surface area contributed by atoms with Crippen LogP contribution >= 0.6 is 0 Å². The fourth-order valence-electron chi connectivity index (χ4n) is 8.99. The van der Waals surface area contributed by atoms with Crippen LogP contribution < -0.4 is 0 Å². The number of hydrogen-bond donors (Lipinski definition) is 1. The molecule has 3 N–H and O–H groups in total. The Morgan fingerprint density at radius 2 is 1.66 bits per heavy atom. The van der Waals surface area contributed by atoms with E-state index < -0.39 is 12.2 Å². The second-order valence-corrected chi connectivity index (χ2v) is 13.0. The van der Waals surface area contributed by atoms with Crippen molar-refractivity contribution in [3.05, 3.63) is 0 Å². The van der Waals surface area contributed by atoms with Crippen molar-refractivity contribution in [2.24, 2.45) is 58.2 Å². The SMILES string of the molecule is CC(C)[C@@H](C)[C@@H](O)[C@H]([OH2+])[C@@H](C)C1CCC2C3COC(=O)[C@H]4CCCCC4(C)C3CCC21C. The summed E-state index contributed by atoms with van der Waals surface area (Å²) in [6.45, 7) is 14.1. The van der Waals surface area contributed by atoms with E-state index in [-0.39, 0.29) is 34.6 Å². The lowest BCUT2D eigenvalue weighted by Gasteiger charge is -2.55. The molecule has 4 nitrogen and oxygen atoms in total. The molecule has 1 aliphatic heterocycles. The lowest BCUT2D eigenvalue weighted by Crippen LogP contribution is -2.51. The van der Waals surface area contributed by atoms with Crippen LogP contribution in [0.3, 0.4) is 0 Å². The Kier molecular flexibility index (Phi) is 6.80. The first-order valence-corrected chi connectivity index (χ1v) is 13.6. The molecule has 1 heterocycles. The summed E-state index contributed by atoms with van der Waals surface area (Å²) in [4.78, 5) is 12.9. The number of cyclic esters (lactones) is 1. The Labute approximate surface area is 195 Å². The quantitative estimate of drug-likeness (QED) is 0.464. The normalized spacial score (nSPS) is 45.7. The zero-order valence-corrected chi connectivity index (χ0v) is 21.4. The van der Waals surface area contributed by atoms with Crippen molar-refractivity contribution in [1.29, 1.82) is 0 Å². The maximum atomic E-state index is 12.9. The largest absolute Gasteiger partial charge is 0.465 e. The third kappa shape index (κ3) is 3.76. The summed E-state index contributed by atoms with van der Waals surface area (Å²) in [6.07, 6.45) is 8.32. The zero-order chi connectivity index (χ0) is 23.4. The van der Waals surface area contributed by atoms with Gasteiger partial charge in [-0.2, -0.15) is 0 Å². The molecule has 4 aliphatic rings. The van der Waals surface area contributed by atoms with Crippen molar-refractivity contribution in [3.8, 4) is 0 Å². The fraction of sp³-hybridized carbons (Fsp3) is 0.964. The van der Waals surface area contributed by atoms with Crippen LogP contribution in [0.1, 0.15) is 92.9 Å². The predicted molar refractivity (Wildman–Crippen MR) is 128 cm³/mol. The van der Waals surface area contributed by atoms with Crippen molar-refractivity contribution in [2.45, 2.75) is 105 Å². The van der Waals surface area contributed by atoms with Crippen molar-refractivity contribution >= 4 is 5.97 Å². The molecule has 4 rings (SSSR count). The van der Waals surface area contributed by atoms with Crippen LogP contribution in [0.2, 0.25) is 0 Å². The van der Waals surface area contributed by atoms with Crippen LogP contribution in [0.5, 0.6) is 0 Å². The summed E-state index contributed by atoms with van der Waals surface area (Å²) in [5, 5.41) is 19.9. The number of ether oxygens (including phenoxy) is 1. The van der Waals surface area contributed by atoms with Gasteiger partial charge in [0.2, 0.25) is 0 Å². The van der Waals surface area contributed by atoms with E-state index in [4.69, 9.17) is 9.84 Å². The smallest absolute Gasteiger partial charge is 0.309 e. The molecule has 0 aromatic carbocycles. The van der Waals surface area contributed by atoms with Gasteiger partial charge in [-0.25, -0.2) is 0 Å². The first-order chi connectivity index (χ1) is 15.0. The number of carbonyl (C=O) groups is 1. The molecular weight excluding hydrogens is 400 g/mol. The number of rotatable bonds is 5. The maximum absolute atomic E-state index is 12.9. The van der Waals surface area contributed by atoms with Crippen molar-refractivity contribution in [1.82, 2.24) is 0 Å². The second-order valence-electron chi connectivity index (χ2n) is 13.0. The minimum atomic E-state index is -0.565. The van der Waals surface area contributed by atoms with Crippen LogP contribution in [0.15, 0.2) is 0 Å². The molecule has 0 spiro atoms. The lowest BCUT2D eigenvalue weighted by atomic mass is 9.49. The first kappa shape index (κ1) is 24.5. The van der Waals surface area contributed by atoms with E-state index >= 15 is 0 Å². The number of aliphatic hydroxyl groups excluding tert-OH is 1. The second kappa shape index (κ2) is 8.87. The molecule has 3 aliphatic carbocycles. The Morgan fingerprint density at radius 3 is 2.34 bits per heavy atom. The molecule has 0 aromatic heterocycles. The van der Waals surface area contributed by atoms with Gasteiger partial charge in [0.25, 0.3) is 0 Å². The Bertz CT molecular complexity index is 691. The number of hydrogen-bond acceptors (Lipinski definition) is 3. The summed E-state index contributed by atoms with van der Waals surface area (Å²) in [5.74, 6) is 2.98. The summed E-state index contributed by atoms with van der Waals surface area (Å²) in [6, 6.07) is 0. The molecule has 4 fully saturated rings. The highest BCUT2D eigenvalue weighted by atomic mass is 16.5. The molecule has 32 heavy (non-hydrogen) atoms. The Morgan fingerprint density at radius 1 is 0.969 bits per heavy atom. The predicted octanol–water partition coefficient (Wildman–Crippen LogP) is 5.18. The molecule has 0 bridgehead atoms. The summed E-state index contributed by atoms with van der Waals surface area (Å²) >= 11 is 0. The van der Waals surface area contributed by atoms with Gasteiger partial charge in [-0.15, -0.1) is 0 Å². The zero-order valence-electron chi connectivity index (χ0n) is 21.4. The third-order valence-corrected chi connectivity index (χ3v) is 11.5. The number of esters is 1. The maximum Gasteiger partial charge on any atom is 0.309 e. The number of aliphatic hydroxyl groups is 1. The molecule has 0 aromatic rings. The molecule has 3 saturated carbocycles. The molecule has 184 valence electrons. The molecule has 6 unspecified atom stereocenters. The number of carbonyl (C=O) groups excluding carboxylic acids is 1. The molecule has 11 atom stereocenters. The first-order valence-electron chi connectivity index (χ1n) is 13.6. The van der Waals surface area contributed by atoms with E-state index in [9.17, 15) is 9.90 Å². The topological polar surface area (TPSA) is 69.4 Å². The van der Waals surface area contributed by atoms with Gasteiger partial charge in [0, 0.05) is 5.92 Å². The van der Waals surface area contributed by atoms with Crippen molar-refractivity contribution in [2.75, 3.05) is 6.61 Å². The van der Waals surface area contributed by atoms with Gasteiger partial charge in [-0.3, -0.25) is 4.79 Å². The van der Waals surface area contributed by atoms with Gasteiger partial charge in [0.05, 0.1) is 12.5 Å². The summed E-state index contributed by atoms with van der Waals surface area (Å²) < 4.78 is 5.98. The fourth-order valence-corrected chi connectivity index (χ4v) is 8.99. The van der Waals surface area contributed by atoms with Crippen molar-refractivity contribution < 1.29 is 19.7 Å². The molecular formula is C28H49O4+. The van der Waals surface area contributed by atoms with E-state index in [1.807, 2.05) is 0 Å². The van der Waals surface area contributed by atoms with Gasteiger partial charge >= 0.3 is 5.97 Å². The van der Waals surface area contributed by atoms with E-state index in [0.29, 0.717) is 36.2 Å². The monoisotopic (exact) mass is 449 g/mol. The van der Waals surface area contributed by atoms with E-state index in [1.54, 1.807) is 0 Å². The van der Waals surface area contributed by atoms with E-state index in [2.05, 4.69) is 41.5 Å². The molecule has 1 saturated heterocycles. The van der Waals surface area contributed by atoms with Crippen LogP contribution in [0.4, 0.5) is 0 Å². The minimum absolute atomic E-state index is 0.0724. The van der Waals surface area contributed by atoms with Crippen LogP contribution in [-0.2, 0) is 9.53 Å². The molecule has 4 heteroatoms. The summed E-state index contributed by atoms with van der Waals surface area (Å²) in [7, 11) is 0. The molecule has 0 radical (unpaired) electrons. The van der Waals surface area contributed by atoms with Gasteiger partial charge in [-0.05, 0) is 84.9 Å². The number of fused-ring (bicyclic) bond motifs is 5. The van der Waals surface area contributed by atoms with E-state index in [1.165, 1.54) is 32.1 Å². The molecule has 0 amide bonds.